The molecule has 1 aromatic carbocycles. The van der Waals surface area contributed by atoms with Crippen LogP contribution in [0.15, 0.2) is 18.2 Å². The van der Waals surface area contributed by atoms with Crippen LogP contribution < -0.4 is 10.1 Å². The van der Waals surface area contributed by atoms with E-state index in [9.17, 15) is 4.79 Å². The zero-order chi connectivity index (χ0) is 14.7. The number of amides is 1. The molecule has 2 aromatic rings. The number of anilines is 1. The first-order valence-electron chi connectivity index (χ1n) is 5.77. The summed E-state index contributed by atoms with van der Waals surface area (Å²) >= 11 is 13.0. The Hall–Kier alpha value is -1.30. The summed E-state index contributed by atoms with van der Waals surface area (Å²) in [5.74, 6) is 0.588. The van der Waals surface area contributed by atoms with Gasteiger partial charge in [-0.2, -0.15) is 0 Å². The minimum atomic E-state index is -0.104. The number of nitrogens with zero attached hydrogens (tertiary/aromatic N) is 1. The first-order chi connectivity index (χ1) is 9.45. The second-order valence-corrected chi connectivity index (χ2v) is 6.15. The quantitative estimate of drug-likeness (QED) is 0.909. The molecule has 1 amide bonds. The van der Waals surface area contributed by atoms with Crippen LogP contribution in [-0.4, -0.2) is 10.9 Å². The Bertz CT molecular complexity index is 643. The van der Waals surface area contributed by atoms with Crippen molar-refractivity contribution < 1.29 is 9.53 Å². The fourth-order valence-corrected chi connectivity index (χ4v) is 2.90. The summed E-state index contributed by atoms with van der Waals surface area (Å²) in [7, 11) is 0. The maximum Gasteiger partial charge on any atom is 0.221 e. The number of hydrogen-bond acceptors (Lipinski definition) is 4. The Kier molecular flexibility index (Phi) is 4.86. The zero-order valence-electron chi connectivity index (χ0n) is 10.9. The minimum absolute atomic E-state index is 0.104. The lowest BCUT2D eigenvalue weighted by Gasteiger charge is -2.10. The minimum Gasteiger partial charge on any atom is -0.488 e. The molecular weight excluding hydrogens is 319 g/mol. The van der Waals surface area contributed by atoms with Gasteiger partial charge in [0.15, 0.2) is 4.47 Å². The fourth-order valence-electron chi connectivity index (χ4n) is 1.60. The highest BCUT2D eigenvalue weighted by Crippen LogP contribution is 2.28. The van der Waals surface area contributed by atoms with Crippen LogP contribution in [0.5, 0.6) is 5.75 Å². The lowest BCUT2D eigenvalue weighted by molar-refractivity contribution is -0.114. The molecule has 20 heavy (non-hydrogen) atoms. The number of halogens is 2. The van der Waals surface area contributed by atoms with Crippen LogP contribution in [0.2, 0.25) is 9.62 Å². The van der Waals surface area contributed by atoms with Crippen molar-refractivity contribution in [3.8, 4) is 5.75 Å². The molecular formula is C13H12Cl2N2O2S. The molecule has 0 aliphatic rings. The summed E-state index contributed by atoms with van der Waals surface area (Å²) in [5.41, 5.74) is 1.69. The number of aromatic nitrogens is 1. The third-order valence-electron chi connectivity index (χ3n) is 2.50. The second-order valence-electron chi connectivity index (χ2n) is 4.13. The summed E-state index contributed by atoms with van der Waals surface area (Å²) in [6.07, 6.45) is 0. The lowest BCUT2D eigenvalue weighted by Crippen LogP contribution is -2.07. The summed E-state index contributed by atoms with van der Waals surface area (Å²) < 4.78 is 6.04. The molecule has 0 saturated carbocycles. The lowest BCUT2D eigenvalue weighted by atomic mass is 10.2. The summed E-state index contributed by atoms with van der Waals surface area (Å²) in [6.45, 7) is 3.68. The third kappa shape index (κ3) is 3.85. The monoisotopic (exact) mass is 330 g/mol. The summed E-state index contributed by atoms with van der Waals surface area (Å²) in [5, 5.41) is 3.11. The second kappa shape index (κ2) is 6.43. The standard InChI is InChI=1S/C13H12Cl2N2O2S/c1-7-5-9(3-4-10(7)16-8(2)18)19-6-11-12(14)17-13(15)20-11/h3-5H,6H2,1-2H3,(H,16,18). The zero-order valence-corrected chi connectivity index (χ0v) is 13.2. The Labute approximate surface area is 130 Å². The third-order valence-corrected chi connectivity index (χ3v) is 4.06. The number of nitrogens with one attached hydrogen (secondary N) is 1. The SMILES string of the molecule is CC(=O)Nc1ccc(OCc2sc(Cl)nc2Cl)cc1C. The molecule has 0 fully saturated rings. The van der Waals surface area contributed by atoms with E-state index < -0.39 is 0 Å². The average molecular weight is 331 g/mol. The van der Waals surface area contributed by atoms with Crippen molar-refractivity contribution in [2.45, 2.75) is 20.5 Å². The number of thiazole rings is 1. The Morgan fingerprint density at radius 3 is 2.75 bits per heavy atom. The van der Waals surface area contributed by atoms with Crippen molar-refractivity contribution >= 4 is 46.1 Å². The molecule has 0 spiro atoms. The van der Waals surface area contributed by atoms with Crippen molar-refractivity contribution in [1.29, 1.82) is 0 Å². The highest BCUT2D eigenvalue weighted by Gasteiger charge is 2.09. The van der Waals surface area contributed by atoms with Crippen LogP contribution in [-0.2, 0) is 11.4 Å². The predicted molar refractivity (Wildman–Crippen MR) is 81.9 cm³/mol. The first kappa shape index (κ1) is 15.1. The van der Waals surface area contributed by atoms with Crippen LogP contribution in [0.4, 0.5) is 5.69 Å². The van der Waals surface area contributed by atoms with Gasteiger partial charge in [0.05, 0.1) is 4.88 Å². The van der Waals surface area contributed by atoms with E-state index in [4.69, 9.17) is 27.9 Å². The number of carbonyl (C=O) groups excluding carboxylic acids is 1. The van der Waals surface area contributed by atoms with Gasteiger partial charge in [0.2, 0.25) is 5.91 Å². The normalized spacial score (nSPS) is 10.4. The van der Waals surface area contributed by atoms with E-state index >= 15 is 0 Å². The van der Waals surface area contributed by atoms with Gasteiger partial charge >= 0.3 is 0 Å². The number of benzene rings is 1. The molecule has 1 aromatic heterocycles. The van der Waals surface area contributed by atoms with Crippen molar-refractivity contribution in [1.82, 2.24) is 4.98 Å². The van der Waals surface area contributed by atoms with E-state index in [-0.39, 0.29) is 5.91 Å². The molecule has 0 radical (unpaired) electrons. The van der Waals surface area contributed by atoms with Gasteiger partial charge in [0.25, 0.3) is 0 Å². The van der Waals surface area contributed by atoms with E-state index in [2.05, 4.69) is 10.3 Å². The predicted octanol–water partition coefficient (Wildman–Crippen LogP) is 4.30. The van der Waals surface area contributed by atoms with Gasteiger partial charge in [-0.05, 0) is 30.7 Å². The van der Waals surface area contributed by atoms with Crippen molar-refractivity contribution in [3.05, 3.63) is 38.3 Å². The highest BCUT2D eigenvalue weighted by molar-refractivity contribution is 7.16. The van der Waals surface area contributed by atoms with E-state index in [1.165, 1.54) is 18.3 Å². The Morgan fingerprint density at radius 1 is 1.45 bits per heavy atom. The van der Waals surface area contributed by atoms with Crippen molar-refractivity contribution in [2.24, 2.45) is 0 Å². The number of hydrogen-bond donors (Lipinski definition) is 1. The molecule has 0 atom stereocenters. The Balaban J connectivity index is 2.05. The number of rotatable bonds is 4. The van der Waals surface area contributed by atoms with E-state index in [1.54, 1.807) is 12.1 Å². The number of aryl methyl sites for hydroxylation is 1. The van der Waals surface area contributed by atoms with Crippen molar-refractivity contribution in [2.75, 3.05) is 5.32 Å². The topological polar surface area (TPSA) is 51.2 Å². The molecule has 4 nitrogen and oxygen atoms in total. The molecule has 0 aliphatic carbocycles. The van der Waals surface area contributed by atoms with Crippen LogP contribution in [0, 0.1) is 6.92 Å². The van der Waals surface area contributed by atoms with Crippen molar-refractivity contribution in [3.63, 3.8) is 0 Å². The summed E-state index contributed by atoms with van der Waals surface area (Å²) in [6, 6.07) is 5.43. The molecule has 7 heteroatoms. The smallest absolute Gasteiger partial charge is 0.221 e. The van der Waals surface area contributed by atoms with Gasteiger partial charge in [0, 0.05) is 12.6 Å². The van der Waals surface area contributed by atoms with Gasteiger partial charge < -0.3 is 10.1 Å². The maximum absolute atomic E-state index is 11.0. The van der Waals surface area contributed by atoms with Crippen LogP contribution in [0.3, 0.4) is 0 Å². The molecule has 2 rings (SSSR count). The van der Waals surface area contributed by atoms with Gasteiger partial charge in [-0.3, -0.25) is 4.79 Å². The van der Waals surface area contributed by atoms with Gasteiger partial charge in [-0.1, -0.05) is 23.2 Å². The fraction of sp³-hybridized carbons (Fsp3) is 0.231. The van der Waals surface area contributed by atoms with Crippen LogP contribution >= 0.6 is 34.5 Å². The molecule has 0 bridgehead atoms. The highest BCUT2D eigenvalue weighted by atomic mass is 35.5. The number of carbonyl (C=O) groups is 1. The summed E-state index contributed by atoms with van der Waals surface area (Å²) in [4.78, 5) is 15.7. The van der Waals surface area contributed by atoms with Crippen LogP contribution in [0.25, 0.3) is 0 Å². The Morgan fingerprint density at radius 2 is 2.20 bits per heavy atom. The maximum atomic E-state index is 11.0. The largest absolute Gasteiger partial charge is 0.488 e. The van der Waals surface area contributed by atoms with Gasteiger partial charge in [0.1, 0.15) is 17.5 Å². The van der Waals surface area contributed by atoms with Gasteiger partial charge in [-0.25, -0.2) is 4.98 Å². The molecule has 0 unspecified atom stereocenters. The van der Waals surface area contributed by atoms with Crippen LogP contribution in [0.1, 0.15) is 17.4 Å². The molecule has 0 aliphatic heterocycles. The molecule has 1 N–H and O–H groups in total. The molecule has 106 valence electrons. The van der Waals surface area contributed by atoms with E-state index in [1.807, 2.05) is 13.0 Å². The first-order valence-corrected chi connectivity index (χ1v) is 7.34. The molecule has 1 heterocycles. The van der Waals surface area contributed by atoms with Gasteiger partial charge in [-0.15, -0.1) is 11.3 Å². The number of ether oxygens (including phenoxy) is 1. The van der Waals surface area contributed by atoms with E-state index in [0.29, 0.717) is 22.0 Å². The molecule has 0 saturated heterocycles. The van der Waals surface area contributed by atoms with E-state index in [0.717, 1.165) is 16.1 Å². The average Bonchev–Trinajstić information content (AvgIpc) is 2.68.